The molecule has 0 N–H and O–H groups in total. The smallest absolute Gasteiger partial charge is 0.192 e. The number of rotatable bonds is 1. The fraction of sp³-hybridized carbons (Fsp3) is 0.357. The molecule has 0 atom stereocenters. The third-order valence-corrected chi connectivity index (χ3v) is 5.06. The second-order valence-electron chi connectivity index (χ2n) is 4.74. The zero-order valence-electron chi connectivity index (χ0n) is 11.0. The summed E-state index contributed by atoms with van der Waals surface area (Å²) < 4.78 is 1.01. The van der Waals surface area contributed by atoms with E-state index in [0.29, 0.717) is 0 Å². The first kappa shape index (κ1) is 13.7. The number of benzene rings is 1. The number of Topliss-reactive ketones (excluding diaryl/α,β-unsaturated/α-hetero) is 1. The van der Waals surface area contributed by atoms with Gasteiger partial charge in [0.2, 0.25) is 0 Å². The molecule has 0 amide bonds. The van der Waals surface area contributed by atoms with Gasteiger partial charge in [0.1, 0.15) is 0 Å². The van der Waals surface area contributed by atoms with Crippen molar-refractivity contribution in [3.8, 4) is 0 Å². The fourth-order valence-electron chi connectivity index (χ4n) is 2.09. The molecular formula is C14H16BrNOS. The van der Waals surface area contributed by atoms with Crippen molar-refractivity contribution in [3.05, 3.63) is 39.0 Å². The molecule has 1 aromatic carbocycles. The summed E-state index contributed by atoms with van der Waals surface area (Å²) in [7, 11) is 3.89. The van der Waals surface area contributed by atoms with Crippen molar-refractivity contribution in [1.29, 1.82) is 0 Å². The minimum absolute atomic E-state index is 0.166. The Hall–Kier alpha value is -0.740. The van der Waals surface area contributed by atoms with E-state index in [1.807, 2.05) is 32.1 Å². The second-order valence-corrected chi connectivity index (χ2v) is 6.58. The topological polar surface area (TPSA) is 20.3 Å². The number of thioether (sulfide) groups is 1. The van der Waals surface area contributed by atoms with E-state index in [-0.39, 0.29) is 5.78 Å². The van der Waals surface area contributed by atoms with Crippen molar-refractivity contribution in [2.24, 2.45) is 0 Å². The Kier molecular flexibility index (Phi) is 3.87. The number of hydrogen-bond donors (Lipinski definition) is 0. The van der Waals surface area contributed by atoms with Gasteiger partial charge in [-0.05, 0) is 31.0 Å². The van der Waals surface area contributed by atoms with Gasteiger partial charge in [-0.25, -0.2) is 0 Å². The monoisotopic (exact) mass is 325 g/mol. The van der Waals surface area contributed by atoms with Crippen molar-refractivity contribution >= 4 is 33.5 Å². The van der Waals surface area contributed by atoms with Crippen LogP contribution >= 0.6 is 27.7 Å². The Balaban J connectivity index is 2.59. The summed E-state index contributed by atoms with van der Waals surface area (Å²) in [6, 6.07) is 2.09. The first-order valence-electron chi connectivity index (χ1n) is 5.76. The van der Waals surface area contributed by atoms with E-state index in [4.69, 9.17) is 0 Å². The number of fused-ring (bicyclic) bond motifs is 1. The lowest BCUT2D eigenvalue weighted by Crippen LogP contribution is -2.18. The van der Waals surface area contributed by atoms with Gasteiger partial charge in [0.05, 0.1) is 0 Å². The van der Waals surface area contributed by atoms with Gasteiger partial charge in [-0.1, -0.05) is 15.9 Å². The number of ketones is 1. The van der Waals surface area contributed by atoms with Crippen LogP contribution in [0.25, 0.3) is 0 Å². The molecule has 0 fully saturated rings. The molecule has 2 nitrogen and oxygen atoms in total. The standard InChI is InChI=1S/C14H16BrNOS/c1-8-5-11(15)9(2)12-13(17)10(6-16(3)4)7-18-14(8)12/h5-6H,7H2,1-4H3. The predicted molar refractivity (Wildman–Crippen MR) is 80.4 cm³/mol. The highest BCUT2D eigenvalue weighted by Crippen LogP contribution is 2.39. The third-order valence-electron chi connectivity index (χ3n) is 2.97. The van der Waals surface area contributed by atoms with E-state index < -0.39 is 0 Å². The van der Waals surface area contributed by atoms with Gasteiger partial charge in [0, 0.05) is 46.6 Å². The van der Waals surface area contributed by atoms with E-state index >= 15 is 0 Å². The van der Waals surface area contributed by atoms with Gasteiger partial charge in [-0.15, -0.1) is 11.8 Å². The summed E-state index contributed by atoms with van der Waals surface area (Å²) >= 11 is 5.29. The number of hydrogen-bond acceptors (Lipinski definition) is 3. The van der Waals surface area contributed by atoms with Gasteiger partial charge < -0.3 is 4.90 Å². The Morgan fingerprint density at radius 1 is 1.39 bits per heavy atom. The molecule has 18 heavy (non-hydrogen) atoms. The zero-order valence-corrected chi connectivity index (χ0v) is 13.4. The van der Waals surface area contributed by atoms with Gasteiger partial charge >= 0.3 is 0 Å². The van der Waals surface area contributed by atoms with Crippen LogP contribution in [0.15, 0.2) is 27.2 Å². The summed E-state index contributed by atoms with van der Waals surface area (Å²) in [5.41, 5.74) is 3.95. The highest BCUT2D eigenvalue weighted by molar-refractivity contribution is 9.10. The van der Waals surface area contributed by atoms with E-state index in [2.05, 4.69) is 28.9 Å². The van der Waals surface area contributed by atoms with Crippen LogP contribution in [-0.4, -0.2) is 30.5 Å². The molecule has 1 aliphatic heterocycles. The lowest BCUT2D eigenvalue weighted by Gasteiger charge is -2.22. The summed E-state index contributed by atoms with van der Waals surface area (Å²) in [6.07, 6.45) is 1.92. The van der Waals surface area contributed by atoms with Crippen LogP contribution < -0.4 is 0 Å². The molecule has 1 aromatic rings. The number of carbonyl (C=O) groups excluding carboxylic acids is 1. The van der Waals surface area contributed by atoms with Crippen LogP contribution in [0.3, 0.4) is 0 Å². The molecule has 0 saturated carbocycles. The fourth-order valence-corrected chi connectivity index (χ4v) is 3.82. The summed E-state index contributed by atoms with van der Waals surface area (Å²) in [6.45, 7) is 4.06. The molecule has 0 bridgehead atoms. The van der Waals surface area contributed by atoms with E-state index in [1.54, 1.807) is 11.8 Å². The number of nitrogens with zero attached hydrogens (tertiary/aromatic N) is 1. The average molecular weight is 326 g/mol. The highest BCUT2D eigenvalue weighted by atomic mass is 79.9. The molecule has 0 aliphatic carbocycles. The Morgan fingerprint density at radius 3 is 2.67 bits per heavy atom. The Morgan fingerprint density at radius 2 is 2.06 bits per heavy atom. The Bertz CT molecular complexity index is 549. The summed E-state index contributed by atoms with van der Waals surface area (Å²) in [5, 5.41) is 0. The maximum Gasteiger partial charge on any atom is 0.192 e. The van der Waals surface area contributed by atoms with Crippen LogP contribution in [0.2, 0.25) is 0 Å². The molecule has 0 spiro atoms. The maximum absolute atomic E-state index is 12.5. The minimum atomic E-state index is 0.166. The van der Waals surface area contributed by atoms with Crippen molar-refractivity contribution in [2.45, 2.75) is 18.7 Å². The van der Waals surface area contributed by atoms with Crippen LogP contribution in [0.5, 0.6) is 0 Å². The number of carbonyl (C=O) groups is 1. The van der Waals surface area contributed by atoms with Crippen molar-refractivity contribution in [3.63, 3.8) is 0 Å². The normalized spacial score (nSPS) is 16.9. The number of halogens is 1. The van der Waals surface area contributed by atoms with Crippen LogP contribution in [0, 0.1) is 13.8 Å². The largest absolute Gasteiger partial charge is 0.383 e. The van der Waals surface area contributed by atoms with Crippen molar-refractivity contribution in [2.75, 3.05) is 19.8 Å². The van der Waals surface area contributed by atoms with E-state index in [9.17, 15) is 4.79 Å². The lowest BCUT2D eigenvalue weighted by molar-refractivity contribution is 0.102. The molecule has 0 unspecified atom stereocenters. The quantitative estimate of drug-likeness (QED) is 0.732. The molecular weight excluding hydrogens is 310 g/mol. The molecule has 1 heterocycles. The molecule has 1 aliphatic rings. The number of aryl methyl sites for hydroxylation is 1. The van der Waals surface area contributed by atoms with Gasteiger partial charge in [0.25, 0.3) is 0 Å². The molecule has 4 heteroatoms. The predicted octanol–water partition coefficient (Wildman–Crippen LogP) is 3.80. The first-order chi connectivity index (χ1) is 8.41. The second kappa shape index (κ2) is 5.10. The van der Waals surface area contributed by atoms with Crippen LogP contribution in [-0.2, 0) is 0 Å². The van der Waals surface area contributed by atoms with E-state index in [0.717, 1.165) is 31.8 Å². The first-order valence-corrected chi connectivity index (χ1v) is 7.54. The maximum atomic E-state index is 12.5. The SMILES string of the molecule is Cc1cc(Br)c(C)c2c1SCC(=CN(C)C)C2=O. The molecule has 2 rings (SSSR count). The van der Waals surface area contributed by atoms with Gasteiger partial charge in [0.15, 0.2) is 5.78 Å². The molecule has 96 valence electrons. The molecule has 0 radical (unpaired) electrons. The van der Waals surface area contributed by atoms with E-state index in [1.165, 1.54) is 5.56 Å². The zero-order chi connectivity index (χ0) is 13.4. The van der Waals surface area contributed by atoms with Gasteiger partial charge in [-0.3, -0.25) is 4.79 Å². The minimum Gasteiger partial charge on any atom is -0.383 e. The Labute approximate surface area is 121 Å². The molecule has 0 aromatic heterocycles. The lowest BCUT2D eigenvalue weighted by atomic mass is 9.97. The van der Waals surface area contributed by atoms with Crippen molar-refractivity contribution in [1.82, 2.24) is 4.90 Å². The summed E-state index contributed by atoms with van der Waals surface area (Å²) in [5.74, 6) is 0.922. The van der Waals surface area contributed by atoms with Crippen molar-refractivity contribution < 1.29 is 4.79 Å². The van der Waals surface area contributed by atoms with Crippen LogP contribution in [0.1, 0.15) is 21.5 Å². The summed E-state index contributed by atoms with van der Waals surface area (Å²) in [4.78, 5) is 15.6. The highest BCUT2D eigenvalue weighted by Gasteiger charge is 2.26. The van der Waals surface area contributed by atoms with Crippen LogP contribution in [0.4, 0.5) is 0 Å². The average Bonchev–Trinajstić information content (AvgIpc) is 2.28. The third kappa shape index (κ3) is 2.36. The molecule has 0 saturated heterocycles. The van der Waals surface area contributed by atoms with Gasteiger partial charge in [-0.2, -0.15) is 0 Å².